The summed E-state index contributed by atoms with van der Waals surface area (Å²) in [5.74, 6) is 3.81. The highest BCUT2D eigenvalue weighted by molar-refractivity contribution is 5.80. The van der Waals surface area contributed by atoms with Gasteiger partial charge in [0.15, 0.2) is 54.5 Å². The van der Waals surface area contributed by atoms with Crippen molar-refractivity contribution in [1.82, 2.24) is 15.0 Å². The molecule has 6 heterocycles. The van der Waals surface area contributed by atoms with Crippen LogP contribution in [-0.4, -0.2) is 15.0 Å². The lowest BCUT2D eigenvalue weighted by Crippen LogP contribution is -2.25. The molecule has 9 rings (SSSR count). The molecule has 0 saturated heterocycles. The van der Waals surface area contributed by atoms with Gasteiger partial charge in [-0.15, -0.1) is 0 Å². The predicted octanol–water partition coefficient (Wildman–Crippen LogP) is 8.60. The summed E-state index contributed by atoms with van der Waals surface area (Å²) in [7, 11) is 5.96. The van der Waals surface area contributed by atoms with Gasteiger partial charge in [-0.25, -0.2) is 28.7 Å². The number of pyridine rings is 3. The van der Waals surface area contributed by atoms with E-state index in [0.29, 0.717) is 35.0 Å². The van der Waals surface area contributed by atoms with Crippen LogP contribution in [0.1, 0.15) is 0 Å². The second kappa shape index (κ2) is 14.2. The molecule has 0 radical (unpaired) electrons. The SMILES string of the molecule is C[n+]1ccc(-c2cnc(-c3ccc(N(c4ccc(-c5ncc(-c6cc[n+](C)cc6)o5)cc4)c4ccc(-c5ncc(-c6cc[n+](C)cc6)o5)cc4)cc3)o2)cc1. The molecule has 10 nitrogen and oxygen atoms in total. The van der Waals surface area contributed by atoms with E-state index in [4.69, 9.17) is 13.3 Å². The summed E-state index contributed by atoms with van der Waals surface area (Å²) in [6, 6.07) is 36.7. The Morgan fingerprint density at radius 1 is 0.345 bits per heavy atom. The quantitative estimate of drug-likeness (QED) is 0.138. The van der Waals surface area contributed by atoms with Crippen molar-refractivity contribution in [3.63, 3.8) is 0 Å². The second-order valence-electron chi connectivity index (χ2n) is 13.3. The van der Waals surface area contributed by atoms with Crippen molar-refractivity contribution in [2.45, 2.75) is 0 Å². The summed E-state index contributed by atoms with van der Waals surface area (Å²) in [4.78, 5) is 15.9. The first-order valence-corrected chi connectivity index (χ1v) is 17.8. The Bertz CT molecular complexity index is 2390. The normalized spacial score (nSPS) is 11.2. The summed E-state index contributed by atoms with van der Waals surface area (Å²) in [5.41, 5.74) is 8.40. The molecule has 0 spiro atoms. The highest BCUT2D eigenvalue weighted by atomic mass is 16.4. The fraction of sp³-hybridized carbons (Fsp3) is 0.0667. The molecule has 0 N–H and O–H groups in total. The Morgan fingerprint density at radius 3 is 0.855 bits per heavy atom. The van der Waals surface area contributed by atoms with Crippen LogP contribution in [0.3, 0.4) is 0 Å². The number of oxazole rings is 3. The van der Waals surface area contributed by atoms with Crippen molar-refractivity contribution < 1.29 is 27.0 Å². The van der Waals surface area contributed by atoms with Gasteiger partial charge in [-0.2, -0.15) is 0 Å². The smallest absolute Gasteiger partial charge is 0.226 e. The molecule has 0 fully saturated rings. The molecule has 0 saturated carbocycles. The zero-order valence-corrected chi connectivity index (χ0v) is 30.4. The largest absolute Gasteiger partial charge is 0.436 e. The van der Waals surface area contributed by atoms with Gasteiger partial charge in [0, 0.05) is 86.8 Å². The average Bonchev–Trinajstić information content (AvgIpc) is 4.03. The molecule has 0 amide bonds. The molecule has 266 valence electrons. The van der Waals surface area contributed by atoms with Crippen LogP contribution in [0.25, 0.3) is 68.3 Å². The van der Waals surface area contributed by atoms with Gasteiger partial charge in [-0.3, -0.25) is 0 Å². The molecular formula is C45H36N7O3+3. The van der Waals surface area contributed by atoms with Gasteiger partial charge in [-0.1, -0.05) is 0 Å². The minimum atomic E-state index is 0.555. The number of hydrogen-bond donors (Lipinski definition) is 0. The van der Waals surface area contributed by atoms with Gasteiger partial charge in [0.05, 0.1) is 18.6 Å². The van der Waals surface area contributed by atoms with Crippen LogP contribution in [0.5, 0.6) is 0 Å². The lowest BCUT2D eigenvalue weighted by atomic mass is 10.1. The van der Waals surface area contributed by atoms with Crippen molar-refractivity contribution in [1.29, 1.82) is 0 Å². The Labute approximate surface area is 317 Å². The van der Waals surface area contributed by atoms with Crippen molar-refractivity contribution in [2.75, 3.05) is 4.90 Å². The van der Waals surface area contributed by atoms with Crippen molar-refractivity contribution in [2.24, 2.45) is 21.1 Å². The van der Waals surface area contributed by atoms with Crippen molar-refractivity contribution >= 4 is 17.1 Å². The molecular weight excluding hydrogens is 687 g/mol. The molecule has 9 aromatic rings. The number of aryl methyl sites for hydroxylation is 3. The van der Waals surface area contributed by atoms with E-state index in [2.05, 4.69) is 56.3 Å². The van der Waals surface area contributed by atoms with Crippen molar-refractivity contribution in [3.8, 4) is 68.3 Å². The third-order valence-corrected chi connectivity index (χ3v) is 9.42. The fourth-order valence-electron chi connectivity index (χ4n) is 6.33. The first-order valence-electron chi connectivity index (χ1n) is 17.8. The zero-order valence-electron chi connectivity index (χ0n) is 30.4. The summed E-state index contributed by atoms with van der Waals surface area (Å²) in [5, 5.41) is 0. The van der Waals surface area contributed by atoms with Crippen LogP contribution in [0.4, 0.5) is 17.1 Å². The fourth-order valence-corrected chi connectivity index (χ4v) is 6.33. The van der Waals surface area contributed by atoms with Crippen LogP contribution in [0.15, 0.2) is 178 Å². The highest BCUT2D eigenvalue weighted by Crippen LogP contribution is 2.38. The topological polar surface area (TPSA) is 93.0 Å². The standard InChI is InChI=1S/C45H36N7O3/c1-49-22-16-31(17-23-49)40-28-46-43(53-40)34-4-10-37(11-5-34)52(38-12-6-35(7-13-38)44-47-29-41(54-44)32-18-24-50(2)25-19-32)39-14-8-36(9-15-39)45-48-30-42(55-45)33-20-26-51(3)27-21-33/h4-30H,1-3H3/q+3. The molecule has 0 aliphatic heterocycles. The Balaban J connectivity index is 1.03. The second-order valence-corrected chi connectivity index (χ2v) is 13.3. The van der Waals surface area contributed by atoms with Crippen LogP contribution in [0, 0.1) is 0 Å². The van der Waals surface area contributed by atoms with Gasteiger partial charge in [-0.05, 0) is 72.8 Å². The van der Waals surface area contributed by atoms with Crippen LogP contribution < -0.4 is 18.6 Å². The van der Waals surface area contributed by atoms with E-state index in [-0.39, 0.29) is 0 Å². The third-order valence-electron chi connectivity index (χ3n) is 9.42. The third kappa shape index (κ3) is 6.92. The lowest BCUT2D eigenvalue weighted by Gasteiger charge is -2.26. The van der Waals surface area contributed by atoms with Crippen LogP contribution in [0.2, 0.25) is 0 Å². The Kier molecular flexibility index (Phi) is 8.60. The van der Waals surface area contributed by atoms with E-state index < -0.39 is 0 Å². The first-order chi connectivity index (χ1) is 26.9. The predicted molar refractivity (Wildman–Crippen MR) is 207 cm³/mol. The lowest BCUT2D eigenvalue weighted by molar-refractivity contribution is -0.671. The van der Waals surface area contributed by atoms with Gasteiger partial charge < -0.3 is 18.2 Å². The summed E-state index contributed by atoms with van der Waals surface area (Å²) >= 11 is 0. The van der Waals surface area contributed by atoms with Crippen molar-refractivity contribution in [3.05, 3.63) is 165 Å². The Hall–Kier alpha value is -7.46. The maximum atomic E-state index is 6.18. The monoisotopic (exact) mass is 722 g/mol. The molecule has 10 heteroatoms. The van der Waals surface area contributed by atoms with Gasteiger partial charge in [0.25, 0.3) is 0 Å². The van der Waals surface area contributed by atoms with Gasteiger partial charge in [0.1, 0.15) is 21.1 Å². The minimum Gasteiger partial charge on any atom is -0.436 e. The minimum absolute atomic E-state index is 0.555. The first kappa shape index (κ1) is 33.4. The number of nitrogens with zero attached hydrogens (tertiary/aromatic N) is 7. The Morgan fingerprint density at radius 2 is 0.600 bits per heavy atom. The van der Waals surface area contributed by atoms with E-state index in [1.54, 1.807) is 18.6 Å². The van der Waals surface area contributed by atoms with Gasteiger partial charge in [0.2, 0.25) is 17.7 Å². The molecule has 0 unspecified atom stereocenters. The molecule has 0 bridgehead atoms. The van der Waals surface area contributed by atoms with Crippen LogP contribution >= 0.6 is 0 Å². The molecule has 0 aliphatic rings. The molecule has 6 aromatic heterocycles. The van der Waals surface area contributed by atoms with E-state index in [1.807, 2.05) is 145 Å². The number of aromatic nitrogens is 6. The summed E-state index contributed by atoms with van der Waals surface area (Å²) in [6.07, 6.45) is 17.2. The highest BCUT2D eigenvalue weighted by Gasteiger charge is 2.18. The van der Waals surface area contributed by atoms with E-state index in [0.717, 1.165) is 50.4 Å². The zero-order chi connectivity index (χ0) is 37.3. The molecule has 55 heavy (non-hydrogen) atoms. The van der Waals surface area contributed by atoms with Crippen LogP contribution in [-0.2, 0) is 21.1 Å². The van der Waals surface area contributed by atoms with E-state index in [1.165, 1.54) is 0 Å². The molecule has 0 atom stereocenters. The number of benzene rings is 3. The van der Waals surface area contributed by atoms with Gasteiger partial charge >= 0.3 is 0 Å². The van der Waals surface area contributed by atoms with E-state index in [9.17, 15) is 0 Å². The average molecular weight is 723 g/mol. The summed E-state index contributed by atoms with van der Waals surface area (Å²) in [6.45, 7) is 0. The van der Waals surface area contributed by atoms with E-state index >= 15 is 0 Å². The maximum Gasteiger partial charge on any atom is 0.226 e. The molecule has 3 aromatic carbocycles. The number of hydrogen-bond acceptors (Lipinski definition) is 7. The maximum absolute atomic E-state index is 6.18. The molecule has 0 aliphatic carbocycles. The summed E-state index contributed by atoms with van der Waals surface area (Å²) < 4.78 is 24.5. The number of anilines is 3. The number of rotatable bonds is 9.